The second-order valence-corrected chi connectivity index (χ2v) is 2.77. The van der Waals surface area contributed by atoms with Crippen LogP contribution in [0.15, 0.2) is 18.3 Å². The third kappa shape index (κ3) is 1.32. The van der Waals surface area contributed by atoms with E-state index in [1.165, 1.54) is 0 Å². The van der Waals surface area contributed by atoms with Crippen LogP contribution in [0.4, 0.5) is 0 Å². The largest absolute Gasteiger partial charge is 0.480 e. The summed E-state index contributed by atoms with van der Waals surface area (Å²) >= 11 is 0. The molecule has 0 N–H and O–H groups in total. The number of ether oxygens (including phenoxy) is 1. The number of carbonyl (C=O) groups excluding carboxylic acids is 1. The second-order valence-electron chi connectivity index (χ2n) is 2.77. The third-order valence-corrected chi connectivity index (χ3v) is 1.91. The van der Waals surface area contributed by atoms with E-state index >= 15 is 0 Å². The van der Waals surface area contributed by atoms with Crippen LogP contribution in [0.25, 0.3) is 5.65 Å². The van der Waals surface area contributed by atoms with Crippen molar-refractivity contribution in [2.75, 3.05) is 7.11 Å². The van der Waals surface area contributed by atoms with E-state index in [1.807, 2.05) is 0 Å². The quantitative estimate of drug-likeness (QED) is 0.662. The average Bonchev–Trinajstić information content (AvgIpc) is 2.61. The van der Waals surface area contributed by atoms with Crippen LogP contribution in [-0.2, 0) is 11.2 Å². The zero-order valence-electron chi connectivity index (χ0n) is 7.67. The molecule has 0 atom stereocenters. The Morgan fingerprint density at radius 2 is 2.43 bits per heavy atom. The van der Waals surface area contributed by atoms with Crippen molar-refractivity contribution in [3.63, 3.8) is 0 Å². The molecule has 0 unspecified atom stereocenters. The number of hydrogen-bond donors (Lipinski definition) is 0. The summed E-state index contributed by atoms with van der Waals surface area (Å²) in [6, 6.07) is 3.52. The first-order valence-electron chi connectivity index (χ1n) is 4.16. The summed E-state index contributed by atoms with van der Waals surface area (Å²) in [4.78, 5) is 14.5. The summed E-state index contributed by atoms with van der Waals surface area (Å²) in [7, 11) is 1.55. The summed E-state index contributed by atoms with van der Waals surface area (Å²) < 4.78 is 6.58. The highest BCUT2D eigenvalue weighted by molar-refractivity contribution is 5.55. The first kappa shape index (κ1) is 8.68. The molecule has 0 amide bonds. The van der Waals surface area contributed by atoms with Crippen molar-refractivity contribution >= 4 is 11.9 Å². The lowest BCUT2D eigenvalue weighted by Crippen LogP contribution is -2.00. The maximum absolute atomic E-state index is 10.4. The molecule has 2 rings (SSSR count). The fraction of sp³-hybridized carbons (Fsp3) is 0.222. The van der Waals surface area contributed by atoms with Gasteiger partial charge in [0.05, 0.1) is 19.0 Å². The number of carbonyl (C=O) groups is 1. The van der Waals surface area contributed by atoms with Crippen molar-refractivity contribution in [3.8, 4) is 5.88 Å². The van der Waals surface area contributed by atoms with Gasteiger partial charge in [-0.3, -0.25) is 0 Å². The van der Waals surface area contributed by atoms with E-state index in [-0.39, 0.29) is 0 Å². The maximum atomic E-state index is 10.4. The number of imidazole rings is 1. The SMILES string of the molecule is COc1ccc2ncc(CC=O)n2n1. The van der Waals surface area contributed by atoms with Gasteiger partial charge < -0.3 is 9.53 Å². The Morgan fingerprint density at radius 3 is 3.14 bits per heavy atom. The number of methoxy groups -OCH3 is 1. The molecule has 5 heteroatoms. The zero-order chi connectivity index (χ0) is 9.97. The standard InChI is InChI=1S/C9H9N3O2/c1-14-9-3-2-8-10-6-7(4-5-13)12(8)11-9/h2-3,5-6H,4H2,1H3. The normalized spacial score (nSPS) is 10.4. The first-order chi connectivity index (χ1) is 6.85. The Hall–Kier alpha value is -1.91. The molecule has 0 saturated heterocycles. The van der Waals surface area contributed by atoms with Crippen LogP contribution in [0.2, 0.25) is 0 Å². The van der Waals surface area contributed by atoms with Gasteiger partial charge in [0.25, 0.3) is 0 Å². The Morgan fingerprint density at radius 1 is 1.57 bits per heavy atom. The highest BCUT2D eigenvalue weighted by Crippen LogP contribution is 2.09. The minimum Gasteiger partial charge on any atom is -0.480 e. The van der Waals surface area contributed by atoms with Gasteiger partial charge in [0, 0.05) is 12.5 Å². The van der Waals surface area contributed by atoms with Gasteiger partial charge in [0.1, 0.15) is 6.29 Å². The molecule has 0 bridgehead atoms. The lowest BCUT2D eigenvalue weighted by molar-refractivity contribution is -0.107. The van der Waals surface area contributed by atoms with Crippen molar-refractivity contribution in [2.24, 2.45) is 0 Å². The molecule has 2 aromatic rings. The highest BCUT2D eigenvalue weighted by atomic mass is 16.5. The minimum absolute atomic E-state index is 0.307. The van der Waals surface area contributed by atoms with Gasteiger partial charge in [-0.25, -0.2) is 9.50 Å². The predicted octanol–water partition coefficient (Wildman–Crippen LogP) is 0.479. The summed E-state index contributed by atoms with van der Waals surface area (Å²) in [5, 5.41) is 4.15. The number of hydrogen-bond acceptors (Lipinski definition) is 4. The number of nitrogens with zero attached hydrogens (tertiary/aromatic N) is 3. The lowest BCUT2D eigenvalue weighted by atomic mass is 10.4. The Balaban J connectivity index is 2.57. The monoisotopic (exact) mass is 191 g/mol. The molecule has 5 nitrogen and oxygen atoms in total. The van der Waals surface area contributed by atoms with E-state index in [0.717, 1.165) is 12.0 Å². The smallest absolute Gasteiger partial charge is 0.231 e. The van der Waals surface area contributed by atoms with Gasteiger partial charge in [-0.2, -0.15) is 0 Å². The van der Waals surface area contributed by atoms with Gasteiger partial charge >= 0.3 is 0 Å². The summed E-state index contributed by atoms with van der Waals surface area (Å²) in [5.74, 6) is 0.502. The van der Waals surface area contributed by atoms with Crippen LogP contribution < -0.4 is 4.74 Å². The lowest BCUT2D eigenvalue weighted by Gasteiger charge is -2.00. The molecular formula is C9H9N3O2. The minimum atomic E-state index is 0.307. The van der Waals surface area contributed by atoms with E-state index in [9.17, 15) is 4.79 Å². The molecule has 0 radical (unpaired) electrons. The van der Waals surface area contributed by atoms with Crippen molar-refractivity contribution in [3.05, 3.63) is 24.0 Å². The molecule has 2 heterocycles. The van der Waals surface area contributed by atoms with Gasteiger partial charge in [0.15, 0.2) is 5.65 Å². The Bertz CT molecular complexity index is 464. The summed E-state index contributed by atoms with van der Waals surface area (Å²) in [6.07, 6.45) is 2.77. The topological polar surface area (TPSA) is 56.5 Å². The number of aldehydes is 1. The Labute approximate surface area is 80.3 Å². The van der Waals surface area contributed by atoms with Crippen LogP contribution in [0.3, 0.4) is 0 Å². The second kappa shape index (κ2) is 3.45. The van der Waals surface area contributed by atoms with E-state index in [0.29, 0.717) is 17.9 Å². The molecule has 72 valence electrons. The van der Waals surface area contributed by atoms with E-state index in [2.05, 4.69) is 10.1 Å². The van der Waals surface area contributed by atoms with Gasteiger partial charge in [-0.15, -0.1) is 5.10 Å². The number of rotatable bonds is 3. The molecule has 0 fully saturated rings. The third-order valence-electron chi connectivity index (χ3n) is 1.91. The van der Waals surface area contributed by atoms with Gasteiger partial charge in [-0.05, 0) is 6.07 Å². The Kier molecular flexibility index (Phi) is 2.14. The molecule has 0 aliphatic carbocycles. The predicted molar refractivity (Wildman–Crippen MR) is 49.3 cm³/mol. The molecule has 0 saturated carbocycles. The van der Waals surface area contributed by atoms with E-state index in [1.54, 1.807) is 30.0 Å². The number of aromatic nitrogens is 3. The molecule has 0 aliphatic heterocycles. The van der Waals surface area contributed by atoms with Crippen molar-refractivity contribution in [1.82, 2.24) is 14.6 Å². The van der Waals surface area contributed by atoms with Crippen molar-refractivity contribution in [1.29, 1.82) is 0 Å². The molecule has 14 heavy (non-hydrogen) atoms. The van der Waals surface area contributed by atoms with Crippen molar-refractivity contribution in [2.45, 2.75) is 6.42 Å². The first-order valence-corrected chi connectivity index (χ1v) is 4.16. The highest BCUT2D eigenvalue weighted by Gasteiger charge is 2.04. The van der Waals surface area contributed by atoms with Gasteiger partial charge in [0.2, 0.25) is 5.88 Å². The zero-order valence-corrected chi connectivity index (χ0v) is 7.67. The molecular weight excluding hydrogens is 182 g/mol. The summed E-state index contributed by atoms with van der Waals surface area (Å²) in [6.45, 7) is 0. The average molecular weight is 191 g/mol. The van der Waals surface area contributed by atoms with E-state index in [4.69, 9.17) is 4.74 Å². The fourth-order valence-corrected chi connectivity index (χ4v) is 1.24. The molecule has 2 aromatic heterocycles. The fourth-order valence-electron chi connectivity index (χ4n) is 1.24. The van der Waals surface area contributed by atoms with Crippen LogP contribution in [0.5, 0.6) is 5.88 Å². The maximum Gasteiger partial charge on any atom is 0.231 e. The van der Waals surface area contributed by atoms with Crippen LogP contribution in [-0.4, -0.2) is 28.0 Å². The van der Waals surface area contributed by atoms with Crippen molar-refractivity contribution < 1.29 is 9.53 Å². The number of fused-ring (bicyclic) bond motifs is 1. The van der Waals surface area contributed by atoms with E-state index < -0.39 is 0 Å². The summed E-state index contributed by atoms with van der Waals surface area (Å²) in [5.41, 5.74) is 1.47. The molecule has 0 aromatic carbocycles. The molecule has 0 spiro atoms. The van der Waals surface area contributed by atoms with Crippen LogP contribution in [0.1, 0.15) is 5.69 Å². The van der Waals surface area contributed by atoms with Crippen LogP contribution in [0, 0.1) is 0 Å². The van der Waals surface area contributed by atoms with Crippen LogP contribution >= 0.6 is 0 Å². The molecule has 0 aliphatic rings. The van der Waals surface area contributed by atoms with Gasteiger partial charge in [-0.1, -0.05) is 0 Å².